The van der Waals surface area contributed by atoms with Crippen molar-refractivity contribution in [3.63, 3.8) is 0 Å². The summed E-state index contributed by atoms with van der Waals surface area (Å²) in [6.07, 6.45) is 0.231. The third-order valence-electron chi connectivity index (χ3n) is 3.98. The highest BCUT2D eigenvalue weighted by atomic mass is 16.6. The molecule has 3 rings (SSSR count). The Morgan fingerprint density at radius 1 is 1.11 bits per heavy atom. The maximum absolute atomic E-state index is 12.0. The molecule has 0 aromatic heterocycles. The van der Waals surface area contributed by atoms with Gasteiger partial charge >= 0.3 is 0 Å². The van der Waals surface area contributed by atoms with E-state index in [4.69, 9.17) is 9.47 Å². The highest BCUT2D eigenvalue weighted by Gasteiger charge is 2.28. The number of imide groups is 1. The van der Waals surface area contributed by atoms with E-state index < -0.39 is 16.7 Å². The zero-order chi connectivity index (χ0) is 19.6. The van der Waals surface area contributed by atoms with E-state index in [1.165, 1.54) is 18.2 Å². The van der Waals surface area contributed by atoms with Gasteiger partial charge in [0.15, 0.2) is 11.5 Å². The first-order chi connectivity index (χ1) is 12.9. The molecule has 0 saturated heterocycles. The lowest BCUT2D eigenvalue weighted by molar-refractivity contribution is -0.385. The second kappa shape index (κ2) is 7.45. The van der Waals surface area contributed by atoms with Crippen molar-refractivity contribution in [2.75, 3.05) is 6.61 Å². The van der Waals surface area contributed by atoms with E-state index in [2.05, 4.69) is 5.32 Å². The topological polar surface area (TPSA) is 108 Å². The number of nitrogens with one attached hydrogen (secondary N) is 1. The van der Waals surface area contributed by atoms with Crippen molar-refractivity contribution in [1.82, 2.24) is 5.32 Å². The molecule has 0 fully saturated rings. The molecule has 1 heterocycles. The standard InChI is InChI=1S/C19H18N2O6/c1-11(2)27-15-7-6-13(21(24)25)10-16(15)26-9-8-12-4-3-5-14-17(12)19(23)20-18(14)22/h3-7,10-11H,8-9H2,1-2H3,(H,20,22,23). The van der Waals surface area contributed by atoms with Crippen LogP contribution < -0.4 is 14.8 Å². The van der Waals surface area contributed by atoms with E-state index in [-0.39, 0.29) is 24.1 Å². The Morgan fingerprint density at radius 2 is 1.89 bits per heavy atom. The summed E-state index contributed by atoms with van der Waals surface area (Å²) in [7, 11) is 0. The molecule has 8 heteroatoms. The van der Waals surface area contributed by atoms with Gasteiger partial charge in [-0.1, -0.05) is 12.1 Å². The fraction of sp³-hybridized carbons (Fsp3) is 0.263. The molecule has 1 aliphatic rings. The molecule has 0 bridgehead atoms. The summed E-state index contributed by atoms with van der Waals surface area (Å²) < 4.78 is 11.3. The van der Waals surface area contributed by atoms with Crippen LogP contribution in [0.4, 0.5) is 5.69 Å². The van der Waals surface area contributed by atoms with E-state index in [1.807, 2.05) is 13.8 Å². The van der Waals surface area contributed by atoms with Crippen molar-refractivity contribution in [2.45, 2.75) is 26.4 Å². The van der Waals surface area contributed by atoms with E-state index in [0.717, 1.165) is 0 Å². The van der Waals surface area contributed by atoms with Crippen LogP contribution in [0.2, 0.25) is 0 Å². The first kappa shape index (κ1) is 18.4. The molecule has 27 heavy (non-hydrogen) atoms. The molecule has 0 aliphatic carbocycles. The van der Waals surface area contributed by atoms with Crippen molar-refractivity contribution < 1.29 is 24.0 Å². The quantitative estimate of drug-likeness (QED) is 0.456. The fourth-order valence-corrected chi connectivity index (χ4v) is 2.84. The van der Waals surface area contributed by atoms with E-state index in [9.17, 15) is 19.7 Å². The molecule has 140 valence electrons. The van der Waals surface area contributed by atoms with Crippen molar-refractivity contribution in [1.29, 1.82) is 0 Å². The Kier molecular flexibility index (Phi) is 5.07. The Hall–Kier alpha value is -3.42. The molecule has 1 N–H and O–H groups in total. The summed E-state index contributed by atoms with van der Waals surface area (Å²) in [5, 5.41) is 13.3. The van der Waals surface area contributed by atoms with Gasteiger partial charge in [0.1, 0.15) is 0 Å². The van der Waals surface area contributed by atoms with Crippen LogP contribution in [0.25, 0.3) is 0 Å². The van der Waals surface area contributed by atoms with Gasteiger partial charge in [0, 0.05) is 12.5 Å². The number of hydrogen-bond acceptors (Lipinski definition) is 6. The summed E-state index contributed by atoms with van der Waals surface area (Å²) in [6.45, 7) is 3.84. The normalized spacial score (nSPS) is 12.7. The second-order valence-electron chi connectivity index (χ2n) is 6.28. The second-order valence-corrected chi connectivity index (χ2v) is 6.28. The van der Waals surface area contributed by atoms with Crippen LogP contribution in [0.5, 0.6) is 11.5 Å². The fourth-order valence-electron chi connectivity index (χ4n) is 2.84. The number of non-ortho nitro benzene ring substituents is 1. The predicted molar refractivity (Wildman–Crippen MR) is 96.3 cm³/mol. The van der Waals surface area contributed by atoms with Gasteiger partial charge in [0.05, 0.1) is 34.8 Å². The minimum absolute atomic E-state index is 0.105. The van der Waals surface area contributed by atoms with Gasteiger partial charge in [-0.2, -0.15) is 0 Å². The zero-order valence-electron chi connectivity index (χ0n) is 14.9. The lowest BCUT2D eigenvalue weighted by Gasteiger charge is -2.15. The minimum Gasteiger partial charge on any atom is -0.489 e. The molecule has 0 saturated carbocycles. The monoisotopic (exact) mass is 370 g/mol. The number of amides is 2. The molecular formula is C19H18N2O6. The number of fused-ring (bicyclic) bond motifs is 1. The van der Waals surface area contributed by atoms with Crippen LogP contribution in [-0.4, -0.2) is 29.4 Å². The average Bonchev–Trinajstić information content (AvgIpc) is 2.90. The number of nitro groups is 1. The van der Waals surface area contributed by atoms with E-state index in [1.54, 1.807) is 18.2 Å². The molecule has 0 atom stereocenters. The Bertz CT molecular complexity index is 922. The van der Waals surface area contributed by atoms with Crippen LogP contribution in [0.1, 0.15) is 40.1 Å². The number of nitro benzene ring substituents is 1. The molecule has 0 radical (unpaired) electrons. The number of carbonyl (C=O) groups is 2. The molecule has 0 spiro atoms. The number of rotatable bonds is 7. The van der Waals surface area contributed by atoms with Crippen LogP contribution in [-0.2, 0) is 6.42 Å². The van der Waals surface area contributed by atoms with E-state index in [0.29, 0.717) is 28.9 Å². The maximum atomic E-state index is 12.0. The summed E-state index contributed by atoms with van der Waals surface area (Å²) >= 11 is 0. The number of ether oxygens (including phenoxy) is 2. The van der Waals surface area contributed by atoms with Gasteiger partial charge in [-0.25, -0.2) is 0 Å². The lowest BCUT2D eigenvalue weighted by atomic mass is 10.0. The molecule has 2 aromatic rings. The number of benzene rings is 2. The van der Waals surface area contributed by atoms with Crippen molar-refractivity contribution in [2.24, 2.45) is 0 Å². The minimum atomic E-state index is -0.508. The molecule has 0 unspecified atom stereocenters. The summed E-state index contributed by atoms with van der Waals surface area (Å²) in [4.78, 5) is 34.2. The molecule has 2 aromatic carbocycles. The highest BCUT2D eigenvalue weighted by molar-refractivity contribution is 6.22. The Balaban J connectivity index is 1.78. The molecule has 1 aliphatic heterocycles. The number of hydrogen-bond donors (Lipinski definition) is 1. The first-order valence-corrected chi connectivity index (χ1v) is 8.42. The van der Waals surface area contributed by atoms with Crippen molar-refractivity contribution in [3.8, 4) is 11.5 Å². The van der Waals surface area contributed by atoms with Gasteiger partial charge in [-0.3, -0.25) is 25.0 Å². The smallest absolute Gasteiger partial charge is 0.273 e. The number of carbonyl (C=O) groups excluding carboxylic acids is 2. The summed E-state index contributed by atoms with van der Waals surface area (Å²) in [5.41, 5.74) is 1.26. The van der Waals surface area contributed by atoms with Gasteiger partial charge in [0.25, 0.3) is 17.5 Å². The molecular weight excluding hydrogens is 352 g/mol. The maximum Gasteiger partial charge on any atom is 0.273 e. The van der Waals surface area contributed by atoms with Crippen molar-refractivity contribution >= 4 is 17.5 Å². The largest absolute Gasteiger partial charge is 0.489 e. The van der Waals surface area contributed by atoms with Crippen molar-refractivity contribution in [3.05, 3.63) is 63.2 Å². The van der Waals surface area contributed by atoms with Crippen LogP contribution in [0.15, 0.2) is 36.4 Å². The first-order valence-electron chi connectivity index (χ1n) is 8.42. The summed E-state index contributed by atoms with van der Waals surface area (Å²) in [6, 6.07) is 9.20. The SMILES string of the molecule is CC(C)Oc1ccc([N+](=O)[O-])cc1OCCc1cccc2c1C(=O)NC2=O. The predicted octanol–water partition coefficient (Wildman–Crippen LogP) is 2.89. The Morgan fingerprint density at radius 3 is 2.59 bits per heavy atom. The van der Waals surface area contributed by atoms with E-state index >= 15 is 0 Å². The third-order valence-corrected chi connectivity index (χ3v) is 3.98. The van der Waals surface area contributed by atoms with Crippen LogP contribution >= 0.6 is 0 Å². The van der Waals surface area contributed by atoms with Gasteiger partial charge in [0.2, 0.25) is 0 Å². The Labute approximate surface area is 155 Å². The third kappa shape index (κ3) is 3.89. The van der Waals surface area contributed by atoms with Gasteiger partial charge in [-0.05, 0) is 31.5 Å². The van der Waals surface area contributed by atoms with Gasteiger partial charge in [-0.15, -0.1) is 0 Å². The van der Waals surface area contributed by atoms with Crippen LogP contribution in [0.3, 0.4) is 0 Å². The zero-order valence-corrected chi connectivity index (χ0v) is 14.9. The van der Waals surface area contributed by atoms with Gasteiger partial charge < -0.3 is 9.47 Å². The highest BCUT2D eigenvalue weighted by Crippen LogP contribution is 2.32. The van der Waals surface area contributed by atoms with Crippen LogP contribution in [0, 0.1) is 10.1 Å². The summed E-state index contributed by atoms with van der Waals surface area (Å²) in [5.74, 6) is -0.179. The average molecular weight is 370 g/mol. The molecule has 8 nitrogen and oxygen atoms in total. The molecule has 2 amide bonds. The number of nitrogens with zero attached hydrogens (tertiary/aromatic N) is 1. The lowest BCUT2D eigenvalue weighted by Crippen LogP contribution is -2.20.